The topological polar surface area (TPSA) is 51.3 Å². The van der Waals surface area contributed by atoms with Crippen LogP contribution in [0.25, 0.3) is 10.2 Å². The summed E-state index contributed by atoms with van der Waals surface area (Å²) < 4.78 is 3.76. The molecule has 0 spiro atoms. The molecule has 0 atom stereocenters. The number of non-ortho nitro benzene ring substituents is 1. The second kappa shape index (κ2) is 5.59. The Bertz CT molecular complexity index is 701. The largest absolute Gasteiger partial charge is 0.309 e. The number of thiazole rings is 1. The standard InChI is InChI=1S/C13H15N3O2S2/c17-16(18)10-4-5-11-12(8-10)20-13(19)15(11)9-14-6-2-1-3-7-14/h4-5,8H,1-3,6-7,9H2. The van der Waals surface area contributed by atoms with E-state index in [1.54, 1.807) is 12.1 Å². The molecule has 1 fully saturated rings. The summed E-state index contributed by atoms with van der Waals surface area (Å²) in [5.74, 6) is 0. The van der Waals surface area contributed by atoms with Crippen LogP contribution in [-0.2, 0) is 6.67 Å². The Labute approximate surface area is 125 Å². The third kappa shape index (κ3) is 2.61. The Morgan fingerprint density at radius 3 is 2.75 bits per heavy atom. The van der Waals surface area contributed by atoms with Gasteiger partial charge in [0.2, 0.25) is 0 Å². The van der Waals surface area contributed by atoms with Crippen molar-refractivity contribution in [2.75, 3.05) is 13.1 Å². The minimum absolute atomic E-state index is 0.124. The molecular formula is C13H15N3O2S2. The number of nitrogens with zero attached hydrogens (tertiary/aromatic N) is 3. The van der Waals surface area contributed by atoms with Crippen LogP contribution in [0.2, 0.25) is 0 Å². The van der Waals surface area contributed by atoms with Crippen LogP contribution in [0.1, 0.15) is 19.3 Å². The van der Waals surface area contributed by atoms with Crippen LogP contribution in [0.4, 0.5) is 5.69 Å². The van der Waals surface area contributed by atoms with Gasteiger partial charge in [-0.05, 0) is 44.2 Å². The first-order chi connectivity index (χ1) is 9.65. The molecule has 5 nitrogen and oxygen atoms in total. The normalized spacial score (nSPS) is 16.6. The highest BCUT2D eigenvalue weighted by atomic mass is 32.1. The number of nitro benzene ring substituents is 1. The highest BCUT2D eigenvalue weighted by molar-refractivity contribution is 7.73. The molecule has 0 N–H and O–H groups in total. The van der Waals surface area contributed by atoms with Gasteiger partial charge in [-0.2, -0.15) is 0 Å². The minimum Gasteiger partial charge on any atom is -0.309 e. The molecule has 0 saturated carbocycles. The summed E-state index contributed by atoms with van der Waals surface area (Å²) in [5, 5.41) is 10.8. The molecule has 1 aromatic heterocycles. The van der Waals surface area contributed by atoms with Crippen LogP contribution >= 0.6 is 23.6 Å². The van der Waals surface area contributed by atoms with Gasteiger partial charge < -0.3 is 4.57 Å². The molecule has 1 saturated heterocycles. The van der Waals surface area contributed by atoms with E-state index in [1.165, 1.54) is 30.6 Å². The molecule has 2 heterocycles. The zero-order valence-corrected chi connectivity index (χ0v) is 12.6. The second-order valence-electron chi connectivity index (χ2n) is 5.03. The maximum absolute atomic E-state index is 10.8. The van der Waals surface area contributed by atoms with Crippen molar-refractivity contribution >= 4 is 39.5 Å². The smallest absolute Gasteiger partial charge is 0.270 e. The van der Waals surface area contributed by atoms with Gasteiger partial charge in [0.05, 0.1) is 21.8 Å². The maximum atomic E-state index is 10.8. The van der Waals surface area contributed by atoms with Gasteiger partial charge in [-0.25, -0.2) is 0 Å². The van der Waals surface area contributed by atoms with Crippen LogP contribution in [0, 0.1) is 14.1 Å². The minimum atomic E-state index is -0.364. The van der Waals surface area contributed by atoms with Gasteiger partial charge in [0.25, 0.3) is 5.69 Å². The number of fused-ring (bicyclic) bond motifs is 1. The first-order valence-electron chi connectivity index (χ1n) is 6.65. The Morgan fingerprint density at radius 1 is 1.30 bits per heavy atom. The molecule has 20 heavy (non-hydrogen) atoms. The number of hydrogen-bond donors (Lipinski definition) is 0. The summed E-state index contributed by atoms with van der Waals surface area (Å²) in [6, 6.07) is 4.97. The van der Waals surface area contributed by atoms with Gasteiger partial charge in [-0.1, -0.05) is 6.42 Å². The first kappa shape index (κ1) is 13.7. The van der Waals surface area contributed by atoms with E-state index in [4.69, 9.17) is 12.2 Å². The van der Waals surface area contributed by atoms with Gasteiger partial charge in [0.1, 0.15) is 0 Å². The highest BCUT2D eigenvalue weighted by Crippen LogP contribution is 2.27. The van der Waals surface area contributed by atoms with Crippen LogP contribution in [0.15, 0.2) is 18.2 Å². The molecule has 7 heteroatoms. The van der Waals surface area contributed by atoms with Crippen molar-refractivity contribution in [3.8, 4) is 0 Å². The molecule has 0 unspecified atom stereocenters. The average molecular weight is 309 g/mol. The van der Waals surface area contributed by atoms with E-state index in [-0.39, 0.29) is 10.6 Å². The fourth-order valence-electron chi connectivity index (χ4n) is 2.60. The highest BCUT2D eigenvalue weighted by Gasteiger charge is 2.15. The van der Waals surface area contributed by atoms with E-state index < -0.39 is 0 Å². The summed E-state index contributed by atoms with van der Waals surface area (Å²) in [6.07, 6.45) is 3.78. The third-order valence-corrected chi connectivity index (χ3v) is 5.07. The fraction of sp³-hybridized carbons (Fsp3) is 0.462. The van der Waals surface area contributed by atoms with Crippen molar-refractivity contribution in [2.24, 2.45) is 0 Å². The molecule has 1 aliphatic rings. The quantitative estimate of drug-likeness (QED) is 0.492. The molecule has 106 valence electrons. The van der Waals surface area contributed by atoms with Gasteiger partial charge >= 0.3 is 0 Å². The SMILES string of the molecule is O=[N+]([O-])c1ccc2c(c1)sc(=S)n2CN1CCCCC1. The number of nitro groups is 1. The molecule has 0 amide bonds. The molecule has 0 aliphatic carbocycles. The molecule has 1 aromatic carbocycles. The molecule has 1 aliphatic heterocycles. The predicted octanol–water partition coefficient (Wildman–Crippen LogP) is 3.78. The van der Waals surface area contributed by atoms with Gasteiger partial charge in [0, 0.05) is 12.1 Å². The molecular weight excluding hydrogens is 294 g/mol. The van der Waals surface area contributed by atoms with Crippen molar-refractivity contribution in [3.05, 3.63) is 32.3 Å². The van der Waals surface area contributed by atoms with Crippen molar-refractivity contribution in [1.29, 1.82) is 0 Å². The lowest BCUT2D eigenvalue weighted by molar-refractivity contribution is -0.384. The average Bonchev–Trinajstić information content (AvgIpc) is 2.75. The van der Waals surface area contributed by atoms with E-state index in [2.05, 4.69) is 9.47 Å². The lowest BCUT2D eigenvalue weighted by Crippen LogP contribution is -2.31. The molecule has 2 aromatic rings. The Hall–Kier alpha value is -1.31. The number of piperidine rings is 1. The van der Waals surface area contributed by atoms with Gasteiger partial charge in [-0.15, -0.1) is 11.3 Å². The lowest BCUT2D eigenvalue weighted by atomic mass is 10.1. The summed E-state index contributed by atoms with van der Waals surface area (Å²) in [7, 11) is 0. The second-order valence-corrected chi connectivity index (χ2v) is 6.70. The Kier molecular flexibility index (Phi) is 3.82. The van der Waals surface area contributed by atoms with Crippen molar-refractivity contribution in [3.63, 3.8) is 0 Å². The number of benzene rings is 1. The van der Waals surface area contributed by atoms with Gasteiger partial charge in [0.15, 0.2) is 3.95 Å². The predicted molar refractivity (Wildman–Crippen MR) is 82.7 cm³/mol. The van der Waals surface area contributed by atoms with E-state index in [0.717, 1.165) is 33.9 Å². The van der Waals surface area contributed by atoms with E-state index in [0.29, 0.717) is 0 Å². The zero-order chi connectivity index (χ0) is 14.1. The summed E-state index contributed by atoms with van der Waals surface area (Å²) in [5.41, 5.74) is 1.12. The number of aromatic nitrogens is 1. The van der Waals surface area contributed by atoms with E-state index in [9.17, 15) is 10.1 Å². The molecule has 0 bridgehead atoms. The van der Waals surface area contributed by atoms with Crippen LogP contribution < -0.4 is 0 Å². The van der Waals surface area contributed by atoms with Crippen LogP contribution in [-0.4, -0.2) is 27.5 Å². The summed E-state index contributed by atoms with van der Waals surface area (Å²) >= 11 is 6.86. The van der Waals surface area contributed by atoms with Crippen LogP contribution in [0.3, 0.4) is 0 Å². The summed E-state index contributed by atoms with van der Waals surface area (Å²) in [6.45, 7) is 2.99. The maximum Gasteiger partial charge on any atom is 0.270 e. The van der Waals surface area contributed by atoms with Gasteiger partial charge in [-0.3, -0.25) is 15.0 Å². The fourth-order valence-corrected chi connectivity index (χ4v) is 3.95. The number of likely N-dealkylation sites (tertiary alicyclic amines) is 1. The number of hydrogen-bond acceptors (Lipinski definition) is 5. The Balaban J connectivity index is 1.96. The molecule has 0 radical (unpaired) electrons. The monoisotopic (exact) mass is 309 g/mol. The van der Waals surface area contributed by atoms with E-state index in [1.807, 2.05) is 6.07 Å². The van der Waals surface area contributed by atoms with Crippen molar-refractivity contribution in [2.45, 2.75) is 25.9 Å². The van der Waals surface area contributed by atoms with Crippen molar-refractivity contribution < 1.29 is 4.92 Å². The van der Waals surface area contributed by atoms with Crippen LogP contribution in [0.5, 0.6) is 0 Å². The van der Waals surface area contributed by atoms with Crippen molar-refractivity contribution in [1.82, 2.24) is 9.47 Å². The lowest BCUT2D eigenvalue weighted by Gasteiger charge is -2.26. The zero-order valence-electron chi connectivity index (χ0n) is 10.9. The third-order valence-electron chi connectivity index (χ3n) is 3.65. The number of rotatable bonds is 3. The first-order valence-corrected chi connectivity index (χ1v) is 7.88. The molecule has 3 rings (SSSR count). The van der Waals surface area contributed by atoms with E-state index >= 15 is 0 Å². The summed E-state index contributed by atoms with van der Waals surface area (Å²) in [4.78, 5) is 12.9. The Morgan fingerprint density at radius 2 is 2.05 bits per heavy atom.